The van der Waals surface area contributed by atoms with Gasteiger partial charge < -0.3 is 10.1 Å². The molecule has 1 aromatic carbocycles. The van der Waals surface area contributed by atoms with Gasteiger partial charge in [0.2, 0.25) is 5.91 Å². The van der Waals surface area contributed by atoms with Crippen LogP contribution in [-0.2, 0) is 4.79 Å². The molecule has 0 aliphatic rings. The Labute approximate surface area is 89.4 Å². The number of amides is 1. The van der Waals surface area contributed by atoms with Gasteiger partial charge in [-0.1, -0.05) is 6.07 Å². The van der Waals surface area contributed by atoms with Crippen molar-refractivity contribution >= 4 is 11.6 Å². The molecule has 0 atom stereocenters. The van der Waals surface area contributed by atoms with E-state index in [4.69, 9.17) is 11.2 Å². The van der Waals surface area contributed by atoms with Crippen LogP contribution in [0.5, 0.6) is 5.75 Å². The van der Waals surface area contributed by atoms with E-state index in [1.165, 1.54) is 6.92 Å². The van der Waals surface area contributed by atoms with Crippen molar-refractivity contribution in [3.05, 3.63) is 24.3 Å². The van der Waals surface area contributed by atoms with Crippen LogP contribution in [0.1, 0.15) is 13.3 Å². The molecule has 0 fully saturated rings. The van der Waals surface area contributed by atoms with Gasteiger partial charge in [-0.3, -0.25) is 4.79 Å². The number of hydrogen-bond donors (Lipinski definition) is 1. The van der Waals surface area contributed by atoms with E-state index in [9.17, 15) is 4.79 Å². The first kappa shape index (κ1) is 11.1. The molecule has 0 heterocycles. The van der Waals surface area contributed by atoms with Gasteiger partial charge >= 0.3 is 0 Å². The maximum absolute atomic E-state index is 10.8. The van der Waals surface area contributed by atoms with Gasteiger partial charge in [0.05, 0.1) is 6.61 Å². The van der Waals surface area contributed by atoms with Crippen molar-refractivity contribution in [1.29, 1.82) is 0 Å². The number of hydrogen-bond acceptors (Lipinski definition) is 2. The fourth-order valence-electron chi connectivity index (χ4n) is 1.09. The number of nitrogens with one attached hydrogen (secondary N) is 1. The van der Waals surface area contributed by atoms with E-state index in [1.54, 1.807) is 12.1 Å². The Kier molecular flexibility index (Phi) is 4.24. The summed E-state index contributed by atoms with van der Waals surface area (Å²) in [7, 11) is 0. The standard InChI is InChI=1S/C12H13NO2/c1-3-4-8-15-12-7-5-6-11(9-12)13-10(2)14/h1,5-7,9H,4,8H2,2H3,(H,13,14). The van der Waals surface area contributed by atoms with E-state index >= 15 is 0 Å². The molecule has 0 radical (unpaired) electrons. The van der Waals surface area contributed by atoms with E-state index < -0.39 is 0 Å². The summed E-state index contributed by atoms with van der Waals surface area (Å²) in [5.74, 6) is 3.09. The Hall–Kier alpha value is -1.95. The number of rotatable bonds is 4. The average molecular weight is 203 g/mol. The summed E-state index contributed by atoms with van der Waals surface area (Å²) in [6, 6.07) is 7.20. The summed E-state index contributed by atoms with van der Waals surface area (Å²) in [4.78, 5) is 10.8. The lowest BCUT2D eigenvalue weighted by Gasteiger charge is -2.06. The molecule has 0 unspecified atom stereocenters. The second-order valence-corrected chi connectivity index (χ2v) is 3.01. The van der Waals surface area contributed by atoms with Gasteiger partial charge in [0.25, 0.3) is 0 Å². The van der Waals surface area contributed by atoms with Crippen molar-refractivity contribution in [1.82, 2.24) is 0 Å². The predicted octanol–water partition coefficient (Wildman–Crippen LogP) is 2.05. The van der Waals surface area contributed by atoms with Crippen LogP contribution in [0, 0.1) is 12.3 Å². The van der Waals surface area contributed by atoms with Gasteiger partial charge in [0.15, 0.2) is 0 Å². The Bertz CT molecular complexity index is 379. The third-order valence-corrected chi connectivity index (χ3v) is 1.67. The van der Waals surface area contributed by atoms with Crippen LogP contribution in [0.15, 0.2) is 24.3 Å². The highest BCUT2D eigenvalue weighted by Crippen LogP contribution is 2.17. The lowest BCUT2D eigenvalue weighted by molar-refractivity contribution is -0.114. The SMILES string of the molecule is C#CCCOc1cccc(NC(C)=O)c1. The molecule has 0 aliphatic carbocycles. The van der Waals surface area contributed by atoms with Crippen molar-refractivity contribution in [3.63, 3.8) is 0 Å². The fourth-order valence-corrected chi connectivity index (χ4v) is 1.09. The topological polar surface area (TPSA) is 38.3 Å². The summed E-state index contributed by atoms with van der Waals surface area (Å²) in [5, 5.41) is 2.68. The number of carbonyl (C=O) groups is 1. The zero-order valence-electron chi connectivity index (χ0n) is 8.62. The summed E-state index contributed by atoms with van der Waals surface area (Å²) < 4.78 is 5.37. The largest absolute Gasteiger partial charge is 0.493 e. The molecule has 3 nitrogen and oxygen atoms in total. The van der Waals surface area contributed by atoms with Gasteiger partial charge in [-0.05, 0) is 12.1 Å². The Morgan fingerprint density at radius 3 is 3.07 bits per heavy atom. The van der Waals surface area contributed by atoms with Gasteiger partial charge in [-0.15, -0.1) is 12.3 Å². The molecular formula is C12H13NO2. The molecule has 0 aromatic heterocycles. The van der Waals surface area contributed by atoms with Crippen LogP contribution in [0.2, 0.25) is 0 Å². The fraction of sp³-hybridized carbons (Fsp3) is 0.250. The molecule has 0 aliphatic heterocycles. The van der Waals surface area contributed by atoms with E-state index in [2.05, 4.69) is 11.2 Å². The zero-order valence-corrected chi connectivity index (χ0v) is 8.62. The first-order valence-electron chi connectivity index (χ1n) is 4.66. The van der Waals surface area contributed by atoms with Gasteiger partial charge in [-0.25, -0.2) is 0 Å². The smallest absolute Gasteiger partial charge is 0.221 e. The number of carbonyl (C=O) groups excluding carboxylic acids is 1. The molecular weight excluding hydrogens is 190 g/mol. The molecule has 1 rings (SSSR count). The molecule has 78 valence electrons. The maximum Gasteiger partial charge on any atom is 0.221 e. The molecule has 0 bridgehead atoms. The van der Waals surface area contributed by atoms with Crippen molar-refractivity contribution in [3.8, 4) is 18.1 Å². The number of benzene rings is 1. The maximum atomic E-state index is 10.8. The second kappa shape index (κ2) is 5.71. The van der Waals surface area contributed by atoms with Crippen LogP contribution in [0.3, 0.4) is 0 Å². The Morgan fingerprint density at radius 1 is 1.60 bits per heavy atom. The van der Waals surface area contributed by atoms with E-state index in [0.29, 0.717) is 18.8 Å². The molecule has 0 saturated carbocycles. The summed E-state index contributed by atoms with van der Waals surface area (Å²) in [6.07, 6.45) is 5.68. The third-order valence-electron chi connectivity index (χ3n) is 1.67. The van der Waals surface area contributed by atoms with Crippen LogP contribution < -0.4 is 10.1 Å². The Balaban J connectivity index is 2.58. The van der Waals surface area contributed by atoms with Crippen molar-refractivity contribution < 1.29 is 9.53 Å². The van der Waals surface area contributed by atoms with Crippen LogP contribution in [0.4, 0.5) is 5.69 Å². The highest BCUT2D eigenvalue weighted by Gasteiger charge is 1.97. The molecule has 3 heteroatoms. The van der Waals surface area contributed by atoms with E-state index in [-0.39, 0.29) is 5.91 Å². The van der Waals surface area contributed by atoms with Gasteiger partial charge in [-0.2, -0.15) is 0 Å². The highest BCUT2D eigenvalue weighted by atomic mass is 16.5. The molecule has 0 spiro atoms. The van der Waals surface area contributed by atoms with Crippen LogP contribution in [0.25, 0.3) is 0 Å². The first-order chi connectivity index (χ1) is 7.22. The molecule has 1 amide bonds. The summed E-state index contributed by atoms with van der Waals surface area (Å²) >= 11 is 0. The summed E-state index contributed by atoms with van der Waals surface area (Å²) in [6.45, 7) is 1.95. The van der Waals surface area contributed by atoms with Crippen molar-refractivity contribution in [2.75, 3.05) is 11.9 Å². The van der Waals surface area contributed by atoms with E-state index in [1.807, 2.05) is 12.1 Å². The lowest BCUT2D eigenvalue weighted by atomic mass is 10.3. The minimum absolute atomic E-state index is 0.101. The monoisotopic (exact) mass is 203 g/mol. The van der Waals surface area contributed by atoms with Gasteiger partial charge in [0.1, 0.15) is 5.75 Å². The van der Waals surface area contributed by atoms with Crippen LogP contribution in [-0.4, -0.2) is 12.5 Å². The molecule has 1 N–H and O–H groups in total. The zero-order chi connectivity index (χ0) is 11.1. The average Bonchev–Trinajstić information content (AvgIpc) is 2.18. The Morgan fingerprint density at radius 2 is 2.40 bits per heavy atom. The second-order valence-electron chi connectivity index (χ2n) is 3.01. The molecule has 1 aromatic rings. The number of anilines is 1. The minimum Gasteiger partial charge on any atom is -0.493 e. The van der Waals surface area contributed by atoms with Crippen molar-refractivity contribution in [2.24, 2.45) is 0 Å². The lowest BCUT2D eigenvalue weighted by Crippen LogP contribution is -2.05. The highest BCUT2D eigenvalue weighted by molar-refractivity contribution is 5.88. The normalized spacial score (nSPS) is 9.07. The van der Waals surface area contributed by atoms with Gasteiger partial charge in [0, 0.05) is 25.1 Å². The first-order valence-corrected chi connectivity index (χ1v) is 4.66. The quantitative estimate of drug-likeness (QED) is 0.600. The van der Waals surface area contributed by atoms with Crippen LogP contribution >= 0.6 is 0 Å². The summed E-state index contributed by atoms with van der Waals surface area (Å²) in [5.41, 5.74) is 0.723. The molecule has 15 heavy (non-hydrogen) atoms. The third kappa shape index (κ3) is 4.19. The number of terminal acetylenes is 1. The minimum atomic E-state index is -0.101. The molecule has 0 saturated heterocycles. The van der Waals surface area contributed by atoms with E-state index in [0.717, 1.165) is 5.69 Å². The predicted molar refractivity (Wildman–Crippen MR) is 59.7 cm³/mol. The number of ether oxygens (including phenoxy) is 1. The van der Waals surface area contributed by atoms with Crippen molar-refractivity contribution in [2.45, 2.75) is 13.3 Å².